The molecule has 1 fully saturated rings. The van der Waals surface area contributed by atoms with Gasteiger partial charge in [-0.15, -0.1) is 0 Å². The van der Waals surface area contributed by atoms with Crippen LogP contribution in [0.4, 0.5) is 0 Å². The number of nitrogen functional groups attached to an aromatic ring is 1. The number of fused-ring (bicyclic) bond motifs is 1. The smallest absolute Gasteiger partial charge is 0.326 e. The Balaban J connectivity index is 1.38. The van der Waals surface area contributed by atoms with Crippen LogP contribution in [0.5, 0.6) is 0 Å². The molecule has 0 spiro atoms. The van der Waals surface area contributed by atoms with Crippen LogP contribution in [0.1, 0.15) is 59.6 Å². The number of furan rings is 1. The summed E-state index contributed by atoms with van der Waals surface area (Å²) < 4.78 is 7.58. The molecule has 8 N–H and O–H groups in total. The Morgan fingerprint density at radius 2 is 1.85 bits per heavy atom. The van der Waals surface area contributed by atoms with E-state index < -0.39 is 17.9 Å². The number of benzene rings is 2. The van der Waals surface area contributed by atoms with Gasteiger partial charge in [0.2, 0.25) is 0 Å². The highest BCUT2D eigenvalue weighted by atomic mass is 16.4. The number of hydrogen-bond donors (Lipinski definition) is 6. The Morgan fingerprint density at radius 3 is 2.51 bits per heavy atom. The summed E-state index contributed by atoms with van der Waals surface area (Å²) >= 11 is 0. The quantitative estimate of drug-likeness (QED) is 0.0814. The molecule has 0 aliphatic heterocycles. The molecule has 11 heteroatoms. The highest BCUT2D eigenvalue weighted by molar-refractivity contribution is 5.99. The number of hydrazine groups is 2. The predicted octanol–water partition coefficient (Wildman–Crippen LogP) is 1.39. The van der Waals surface area contributed by atoms with Gasteiger partial charge in [0, 0.05) is 18.0 Å². The number of nitrogens with one attached hydrogen (secondary N) is 3. The van der Waals surface area contributed by atoms with E-state index in [-0.39, 0.29) is 6.42 Å². The summed E-state index contributed by atoms with van der Waals surface area (Å²) in [4.78, 5) is 30.0. The van der Waals surface area contributed by atoms with E-state index in [1.54, 1.807) is 48.9 Å². The number of amides is 1. The molecule has 0 saturated heterocycles. The maximum Gasteiger partial charge on any atom is 0.326 e. The third kappa shape index (κ3) is 5.63. The normalized spacial score (nSPS) is 15.3. The molecular weight excluding hydrogens is 498 g/mol. The van der Waals surface area contributed by atoms with Crippen molar-refractivity contribution >= 4 is 28.7 Å². The molecule has 1 amide bonds. The van der Waals surface area contributed by atoms with Crippen LogP contribution in [-0.4, -0.2) is 38.4 Å². The minimum atomic E-state index is -1.13. The topological polar surface area (TPSA) is 175 Å². The van der Waals surface area contributed by atoms with E-state index in [4.69, 9.17) is 21.0 Å². The Hall–Kier alpha value is -4.64. The third-order valence-electron chi connectivity index (χ3n) is 7.19. The second-order valence-electron chi connectivity index (χ2n) is 9.76. The van der Waals surface area contributed by atoms with Crippen LogP contribution in [0, 0.1) is 0 Å². The lowest BCUT2D eigenvalue weighted by molar-refractivity contribution is -0.528. The monoisotopic (exact) mass is 530 g/mol. The second-order valence-corrected chi connectivity index (χ2v) is 9.76. The maximum atomic E-state index is 13.2. The molecule has 2 aromatic heterocycles. The van der Waals surface area contributed by atoms with E-state index in [2.05, 4.69) is 20.5 Å². The molecule has 1 saturated carbocycles. The second kappa shape index (κ2) is 11.4. The van der Waals surface area contributed by atoms with Crippen molar-refractivity contribution in [1.29, 1.82) is 0 Å². The predicted molar refractivity (Wildman–Crippen MR) is 145 cm³/mol. The average molecular weight is 531 g/mol. The lowest BCUT2D eigenvalue weighted by atomic mass is 9.95. The van der Waals surface area contributed by atoms with Gasteiger partial charge in [0.05, 0.1) is 28.4 Å². The number of carbonyl (C=O) groups excluding carboxylic acids is 1. The van der Waals surface area contributed by atoms with Crippen LogP contribution in [0.15, 0.2) is 65.5 Å². The number of carboxylic acid groups (broad SMARTS) is 1. The number of hydrazone groups is 1. The van der Waals surface area contributed by atoms with Crippen LogP contribution in [0.2, 0.25) is 0 Å². The average Bonchev–Trinajstić information content (AvgIpc) is 3.61. The standard InChI is InChI=1S/C28H31N7O4/c29-25(33-34-30)18-8-6-17(7-9-18)14-23(28(37)38)32-27(36)19-10-11-24-22(15-19)31-26(20-12-13-39-16-20)35(24)21-4-2-1-3-5-21/h6-13,15-16,21,23,34H,1-5,14,30H2,(H2,29,33)(H,32,36)(H,37,38)/p+1. The lowest BCUT2D eigenvalue weighted by Gasteiger charge is -2.25. The first-order chi connectivity index (χ1) is 18.9. The van der Waals surface area contributed by atoms with Crippen LogP contribution in [0.25, 0.3) is 22.4 Å². The van der Waals surface area contributed by atoms with Gasteiger partial charge >= 0.3 is 5.97 Å². The van der Waals surface area contributed by atoms with Gasteiger partial charge in [0.1, 0.15) is 18.1 Å². The fraction of sp³-hybridized carbons (Fsp3) is 0.286. The number of carboxylic acids is 1. The zero-order valence-corrected chi connectivity index (χ0v) is 21.4. The summed E-state index contributed by atoms with van der Waals surface area (Å²) in [5, 5.41) is 15.1. The molecule has 39 heavy (non-hydrogen) atoms. The SMILES string of the molecule is NN[NH+]=C(N)c1ccc(CC(NC(=O)c2ccc3c(c2)nc(-c2ccoc2)n3C2CCCCC2)C(=O)O)cc1. The summed E-state index contributed by atoms with van der Waals surface area (Å²) in [6.45, 7) is 0. The number of nitrogens with zero attached hydrogens (tertiary/aromatic N) is 2. The van der Waals surface area contributed by atoms with Crippen molar-refractivity contribution in [2.45, 2.75) is 50.6 Å². The van der Waals surface area contributed by atoms with Crippen LogP contribution in [0.3, 0.4) is 0 Å². The lowest BCUT2D eigenvalue weighted by Crippen LogP contribution is -2.87. The van der Waals surface area contributed by atoms with Gasteiger partial charge in [-0.1, -0.05) is 31.4 Å². The number of rotatable bonds is 9. The van der Waals surface area contributed by atoms with Gasteiger partial charge in [0.25, 0.3) is 11.7 Å². The molecule has 1 atom stereocenters. The van der Waals surface area contributed by atoms with Crippen LogP contribution in [-0.2, 0) is 11.2 Å². The number of aliphatic carboxylic acids is 1. The largest absolute Gasteiger partial charge is 0.480 e. The van der Waals surface area contributed by atoms with Gasteiger partial charge in [0.15, 0.2) is 0 Å². The zero-order valence-electron chi connectivity index (χ0n) is 21.4. The first kappa shape index (κ1) is 26.0. The molecule has 2 aromatic carbocycles. The summed E-state index contributed by atoms with van der Waals surface area (Å²) in [6.07, 6.45) is 9.13. The number of amidine groups is 1. The Kier molecular flexibility index (Phi) is 7.60. The fourth-order valence-corrected chi connectivity index (χ4v) is 5.19. The van der Waals surface area contributed by atoms with Crippen molar-refractivity contribution in [1.82, 2.24) is 20.4 Å². The number of carbonyl (C=O) groups is 2. The van der Waals surface area contributed by atoms with Crippen LogP contribution < -0.4 is 27.5 Å². The number of imidazole rings is 1. The molecule has 202 valence electrons. The van der Waals surface area contributed by atoms with Crippen molar-refractivity contribution in [3.63, 3.8) is 0 Å². The minimum absolute atomic E-state index is 0.104. The van der Waals surface area contributed by atoms with Gasteiger partial charge in [-0.2, -0.15) is 10.6 Å². The minimum Gasteiger partial charge on any atom is -0.480 e. The molecule has 0 radical (unpaired) electrons. The molecule has 2 heterocycles. The summed E-state index contributed by atoms with van der Waals surface area (Å²) in [5.74, 6) is 4.74. The van der Waals surface area contributed by atoms with Crippen molar-refractivity contribution in [2.75, 3.05) is 0 Å². The van der Waals surface area contributed by atoms with Crippen molar-refractivity contribution in [3.05, 3.63) is 77.7 Å². The van der Waals surface area contributed by atoms with E-state index in [1.807, 2.05) is 12.1 Å². The summed E-state index contributed by atoms with van der Waals surface area (Å²) in [7, 11) is 0. The molecule has 1 aliphatic carbocycles. The van der Waals surface area contributed by atoms with Gasteiger partial charge in [-0.05, 0) is 54.8 Å². The Labute approximate surface area is 224 Å². The van der Waals surface area contributed by atoms with Crippen molar-refractivity contribution < 1.29 is 24.2 Å². The fourth-order valence-electron chi connectivity index (χ4n) is 5.19. The Bertz CT molecular complexity index is 1490. The molecule has 11 nitrogen and oxygen atoms in total. The van der Waals surface area contributed by atoms with E-state index in [0.717, 1.165) is 35.3 Å². The molecule has 4 aromatic rings. The Morgan fingerprint density at radius 1 is 1.10 bits per heavy atom. The first-order valence-corrected chi connectivity index (χ1v) is 13.0. The number of nitrogens with two attached hydrogens (primary N) is 2. The van der Waals surface area contributed by atoms with E-state index in [0.29, 0.717) is 28.5 Å². The van der Waals surface area contributed by atoms with Crippen LogP contribution >= 0.6 is 0 Å². The zero-order chi connectivity index (χ0) is 27.4. The highest BCUT2D eigenvalue weighted by Gasteiger charge is 2.25. The molecular formula is C28H32N7O4+. The van der Waals surface area contributed by atoms with Gasteiger partial charge in [-0.3, -0.25) is 10.5 Å². The first-order valence-electron chi connectivity index (χ1n) is 13.0. The molecule has 5 rings (SSSR count). The number of aromatic nitrogens is 2. The molecule has 0 bridgehead atoms. The summed E-state index contributed by atoms with van der Waals surface area (Å²) in [6, 6.07) is 13.4. The summed E-state index contributed by atoms with van der Waals surface area (Å²) in [5.41, 5.74) is 12.4. The molecule has 1 aliphatic rings. The number of hydrogen-bond acceptors (Lipinski definition) is 6. The van der Waals surface area contributed by atoms with E-state index >= 15 is 0 Å². The van der Waals surface area contributed by atoms with E-state index in [1.165, 1.54) is 19.3 Å². The highest BCUT2D eigenvalue weighted by Crippen LogP contribution is 2.36. The van der Waals surface area contributed by atoms with Gasteiger partial charge in [-0.25, -0.2) is 15.6 Å². The van der Waals surface area contributed by atoms with Crippen molar-refractivity contribution in [3.8, 4) is 11.4 Å². The van der Waals surface area contributed by atoms with E-state index in [9.17, 15) is 14.7 Å². The molecule has 1 unspecified atom stereocenters. The maximum absolute atomic E-state index is 13.2. The van der Waals surface area contributed by atoms with Crippen molar-refractivity contribution in [2.24, 2.45) is 11.6 Å². The van der Waals surface area contributed by atoms with Gasteiger partial charge < -0.3 is 19.4 Å². The third-order valence-corrected chi connectivity index (χ3v) is 7.19.